The minimum absolute atomic E-state index is 0.107. The van der Waals surface area contributed by atoms with Gasteiger partial charge in [0.15, 0.2) is 9.84 Å². The Kier molecular flexibility index (Phi) is 3.66. The van der Waals surface area contributed by atoms with Crippen molar-refractivity contribution in [3.05, 3.63) is 0 Å². The summed E-state index contributed by atoms with van der Waals surface area (Å²) in [5.74, 6) is -0.598. The molecular weight excluding hydrogens is 256 g/mol. The Balaban J connectivity index is 2.00. The first kappa shape index (κ1) is 13.8. The fourth-order valence-corrected chi connectivity index (χ4v) is 4.10. The van der Waals surface area contributed by atoms with Gasteiger partial charge in [-0.3, -0.25) is 9.69 Å². The molecule has 18 heavy (non-hydrogen) atoms. The van der Waals surface area contributed by atoms with Gasteiger partial charge >= 0.3 is 5.97 Å². The van der Waals surface area contributed by atoms with Crippen LogP contribution in [0.25, 0.3) is 0 Å². The average Bonchev–Trinajstić information content (AvgIpc) is 2.28. The van der Waals surface area contributed by atoms with Crippen molar-refractivity contribution in [2.24, 2.45) is 5.73 Å². The van der Waals surface area contributed by atoms with Crippen LogP contribution in [0.2, 0.25) is 0 Å². The fraction of sp³-hybridized carbons (Fsp3) is 0.909. The molecular formula is C11H20N2O4S. The predicted molar refractivity (Wildman–Crippen MR) is 67.0 cm³/mol. The maximum absolute atomic E-state index is 11.4. The van der Waals surface area contributed by atoms with E-state index >= 15 is 0 Å². The van der Waals surface area contributed by atoms with Crippen LogP contribution in [0.4, 0.5) is 0 Å². The number of hydrogen-bond donors (Lipinski definition) is 2. The zero-order valence-electron chi connectivity index (χ0n) is 10.3. The molecule has 1 heterocycles. The number of nitrogens with two attached hydrogens (primary N) is 1. The second-order valence-electron chi connectivity index (χ2n) is 5.40. The highest BCUT2D eigenvalue weighted by atomic mass is 32.2. The second kappa shape index (κ2) is 4.79. The summed E-state index contributed by atoms with van der Waals surface area (Å²) in [6.07, 6.45) is 2.62. The Hall–Kier alpha value is -0.660. The SMILES string of the molecule is NC1(C(=O)O)CCCC(N2CCS(=O)(=O)CC2)C1. The minimum Gasteiger partial charge on any atom is -0.480 e. The quantitative estimate of drug-likeness (QED) is 0.701. The number of nitrogens with zero attached hydrogens (tertiary/aromatic N) is 1. The third-order valence-corrected chi connectivity index (χ3v) is 5.69. The van der Waals surface area contributed by atoms with E-state index in [0.717, 1.165) is 12.8 Å². The molecule has 0 aromatic rings. The zero-order chi connectivity index (χ0) is 13.4. The van der Waals surface area contributed by atoms with Crippen molar-refractivity contribution in [1.29, 1.82) is 0 Å². The Labute approximate surface area is 107 Å². The van der Waals surface area contributed by atoms with Crippen LogP contribution in [-0.4, -0.2) is 60.6 Å². The summed E-state index contributed by atoms with van der Waals surface area (Å²) >= 11 is 0. The molecule has 0 radical (unpaired) electrons. The molecule has 1 aliphatic heterocycles. The van der Waals surface area contributed by atoms with E-state index in [1.54, 1.807) is 0 Å². The summed E-state index contributed by atoms with van der Waals surface area (Å²) in [6.45, 7) is 1.01. The molecule has 1 saturated carbocycles. The highest BCUT2D eigenvalue weighted by Gasteiger charge is 2.41. The zero-order valence-corrected chi connectivity index (χ0v) is 11.2. The molecule has 1 saturated heterocycles. The summed E-state index contributed by atoms with van der Waals surface area (Å²) < 4.78 is 22.7. The van der Waals surface area contributed by atoms with Crippen LogP contribution in [0.15, 0.2) is 0 Å². The van der Waals surface area contributed by atoms with Gasteiger partial charge in [-0.2, -0.15) is 0 Å². The molecule has 1 aliphatic carbocycles. The van der Waals surface area contributed by atoms with Crippen LogP contribution >= 0.6 is 0 Å². The van der Waals surface area contributed by atoms with Gasteiger partial charge in [0, 0.05) is 19.1 Å². The van der Waals surface area contributed by atoms with Gasteiger partial charge in [-0.15, -0.1) is 0 Å². The van der Waals surface area contributed by atoms with Gasteiger partial charge in [-0.1, -0.05) is 0 Å². The maximum Gasteiger partial charge on any atom is 0.323 e. The largest absolute Gasteiger partial charge is 0.480 e. The number of aliphatic carboxylic acids is 1. The van der Waals surface area contributed by atoms with E-state index in [0.29, 0.717) is 25.9 Å². The van der Waals surface area contributed by atoms with Crippen molar-refractivity contribution in [2.75, 3.05) is 24.6 Å². The Morgan fingerprint density at radius 1 is 1.33 bits per heavy atom. The first-order valence-corrected chi connectivity index (χ1v) is 8.11. The molecule has 3 N–H and O–H groups in total. The first-order chi connectivity index (χ1) is 8.32. The topological polar surface area (TPSA) is 101 Å². The second-order valence-corrected chi connectivity index (χ2v) is 7.70. The van der Waals surface area contributed by atoms with Crippen molar-refractivity contribution in [1.82, 2.24) is 4.90 Å². The van der Waals surface area contributed by atoms with E-state index in [-0.39, 0.29) is 17.5 Å². The molecule has 2 fully saturated rings. The highest BCUT2D eigenvalue weighted by Crippen LogP contribution is 2.30. The lowest BCUT2D eigenvalue weighted by atomic mass is 9.79. The fourth-order valence-electron chi connectivity index (χ4n) is 2.88. The normalized spacial score (nSPS) is 37.3. The highest BCUT2D eigenvalue weighted by molar-refractivity contribution is 7.91. The third-order valence-electron chi connectivity index (χ3n) is 4.08. The van der Waals surface area contributed by atoms with E-state index in [2.05, 4.69) is 4.90 Å². The molecule has 0 amide bonds. The van der Waals surface area contributed by atoms with Crippen LogP contribution in [0.3, 0.4) is 0 Å². The molecule has 6 nitrogen and oxygen atoms in total. The first-order valence-electron chi connectivity index (χ1n) is 6.29. The molecule has 0 aromatic heterocycles. The summed E-state index contributed by atoms with van der Waals surface area (Å²) in [7, 11) is -2.89. The van der Waals surface area contributed by atoms with E-state index < -0.39 is 21.3 Å². The average molecular weight is 276 g/mol. The number of sulfone groups is 1. The van der Waals surface area contributed by atoms with Gasteiger partial charge in [0.25, 0.3) is 0 Å². The van der Waals surface area contributed by atoms with Crippen LogP contribution < -0.4 is 5.73 Å². The molecule has 104 valence electrons. The number of carbonyl (C=O) groups is 1. The monoisotopic (exact) mass is 276 g/mol. The van der Waals surface area contributed by atoms with Crippen LogP contribution in [0.1, 0.15) is 25.7 Å². The predicted octanol–water partition coefficient (Wildman–Crippen LogP) is -0.558. The lowest BCUT2D eigenvalue weighted by Gasteiger charge is -2.41. The standard InChI is InChI=1S/C11H20N2O4S/c12-11(10(14)15)3-1-2-9(8-11)13-4-6-18(16,17)7-5-13/h9H,1-8,12H2,(H,14,15). The lowest BCUT2D eigenvalue weighted by Crippen LogP contribution is -2.57. The molecule has 0 bridgehead atoms. The van der Waals surface area contributed by atoms with E-state index in [9.17, 15) is 13.2 Å². The summed E-state index contributed by atoms with van der Waals surface area (Å²) in [6, 6.07) is 0.107. The van der Waals surface area contributed by atoms with Crippen molar-refractivity contribution < 1.29 is 18.3 Å². The van der Waals surface area contributed by atoms with Gasteiger partial charge < -0.3 is 10.8 Å². The molecule has 2 atom stereocenters. The lowest BCUT2D eigenvalue weighted by molar-refractivity contribution is -0.145. The van der Waals surface area contributed by atoms with Gasteiger partial charge in [0.1, 0.15) is 5.54 Å². The molecule has 2 rings (SSSR count). The Morgan fingerprint density at radius 2 is 1.94 bits per heavy atom. The van der Waals surface area contributed by atoms with Gasteiger partial charge in [0.2, 0.25) is 0 Å². The molecule has 2 aliphatic rings. The van der Waals surface area contributed by atoms with E-state index in [1.165, 1.54) is 0 Å². The third kappa shape index (κ3) is 2.84. The van der Waals surface area contributed by atoms with Crippen molar-refractivity contribution >= 4 is 15.8 Å². The van der Waals surface area contributed by atoms with E-state index in [1.807, 2.05) is 0 Å². The number of rotatable bonds is 2. The summed E-state index contributed by atoms with van der Waals surface area (Å²) in [5, 5.41) is 9.16. The van der Waals surface area contributed by atoms with Gasteiger partial charge in [0.05, 0.1) is 11.5 Å². The maximum atomic E-state index is 11.4. The number of carboxylic acid groups (broad SMARTS) is 1. The van der Waals surface area contributed by atoms with Gasteiger partial charge in [-0.25, -0.2) is 8.42 Å². The van der Waals surface area contributed by atoms with Crippen LogP contribution in [0, 0.1) is 0 Å². The van der Waals surface area contributed by atoms with Crippen molar-refractivity contribution in [2.45, 2.75) is 37.3 Å². The number of hydrogen-bond acceptors (Lipinski definition) is 5. The van der Waals surface area contributed by atoms with Crippen LogP contribution in [-0.2, 0) is 14.6 Å². The van der Waals surface area contributed by atoms with Crippen LogP contribution in [0.5, 0.6) is 0 Å². The summed E-state index contributed by atoms with van der Waals surface area (Å²) in [5.41, 5.74) is 4.77. The Bertz CT molecular complexity index is 422. The van der Waals surface area contributed by atoms with Crippen molar-refractivity contribution in [3.63, 3.8) is 0 Å². The number of carboxylic acids is 1. The molecule has 7 heteroatoms. The van der Waals surface area contributed by atoms with Gasteiger partial charge in [-0.05, 0) is 25.7 Å². The van der Waals surface area contributed by atoms with Crippen molar-refractivity contribution in [3.8, 4) is 0 Å². The molecule has 2 unspecified atom stereocenters. The smallest absolute Gasteiger partial charge is 0.323 e. The minimum atomic E-state index is -2.89. The summed E-state index contributed by atoms with van der Waals surface area (Å²) in [4.78, 5) is 13.3. The molecule has 0 spiro atoms. The van der Waals surface area contributed by atoms with E-state index in [4.69, 9.17) is 10.8 Å². The Morgan fingerprint density at radius 3 is 2.50 bits per heavy atom. The molecule has 0 aromatic carbocycles.